The molecule has 0 spiro atoms. The molecule has 0 aliphatic heterocycles. The van der Waals surface area contributed by atoms with E-state index in [4.69, 9.17) is 0 Å². The number of hydrogen-bond acceptors (Lipinski definition) is 4. The number of rotatable bonds is 6. The topological polar surface area (TPSA) is 68.3 Å². The van der Waals surface area contributed by atoms with Crippen molar-refractivity contribution in [3.05, 3.63) is 35.7 Å². The Balaban J connectivity index is 1.99. The van der Waals surface area contributed by atoms with Gasteiger partial charge in [-0.3, -0.25) is 0 Å². The minimum atomic E-state index is 0.0949. The Labute approximate surface area is 143 Å². The monoisotopic (exact) mass is 330 g/mol. The van der Waals surface area contributed by atoms with Crippen LogP contribution in [0.15, 0.2) is 24.3 Å². The van der Waals surface area contributed by atoms with Gasteiger partial charge in [-0.2, -0.15) is 0 Å². The first-order chi connectivity index (χ1) is 11.7. The smallest absolute Gasteiger partial charge is 0.214 e. The van der Waals surface area contributed by atoms with Gasteiger partial charge < -0.3 is 10.0 Å². The quantitative estimate of drug-likeness (QED) is 0.849. The second-order valence-electron chi connectivity index (χ2n) is 6.66. The molecule has 1 atom stereocenters. The highest BCUT2D eigenvalue weighted by Gasteiger charge is 2.32. The van der Waals surface area contributed by atoms with Crippen molar-refractivity contribution in [1.29, 1.82) is 0 Å². The van der Waals surface area contributed by atoms with Gasteiger partial charge in [0.2, 0.25) is 5.82 Å². The summed E-state index contributed by atoms with van der Waals surface area (Å²) in [5, 5.41) is 22.4. The number of hydrogen-bond donors (Lipinski definition) is 2. The molecule has 6 nitrogen and oxygen atoms in total. The molecule has 0 bridgehead atoms. The molecule has 1 fully saturated rings. The third-order valence-corrected chi connectivity index (χ3v) is 5.24. The molecule has 3 rings (SSSR count). The molecule has 1 saturated carbocycles. The van der Waals surface area contributed by atoms with Crippen molar-refractivity contribution in [2.24, 2.45) is 0 Å². The molecule has 1 heterocycles. The highest BCUT2D eigenvalue weighted by atomic mass is 16.3. The number of phenols is 1. The highest BCUT2D eigenvalue weighted by molar-refractivity contribution is 5.29. The number of benzene rings is 1. The Morgan fingerprint density at radius 1 is 1.12 bits per heavy atom. The molecule has 2 N–H and O–H groups in total. The lowest BCUT2D eigenvalue weighted by Gasteiger charge is -2.29. The first kappa shape index (κ1) is 16.9. The Bertz CT molecular complexity index is 629. The molecular formula is C18H28N5O+. The van der Waals surface area contributed by atoms with E-state index in [0.29, 0.717) is 11.8 Å². The van der Waals surface area contributed by atoms with Crippen LogP contribution in [0, 0.1) is 0 Å². The molecule has 0 unspecified atom stereocenters. The lowest BCUT2D eigenvalue weighted by molar-refractivity contribution is -0.923. The van der Waals surface area contributed by atoms with Crippen LogP contribution in [0.2, 0.25) is 0 Å². The summed E-state index contributed by atoms with van der Waals surface area (Å²) in [5.74, 6) is 1.24. The zero-order chi connectivity index (χ0) is 16.9. The van der Waals surface area contributed by atoms with Crippen LogP contribution in [-0.2, 0) is 0 Å². The fourth-order valence-electron chi connectivity index (χ4n) is 3.87. The lowest BCUT2D eigenvalue weighted by Crippen LogP contribution is -3.12. The summed E-state index contributed by atoms with van der Waals surface area (Å²) in [5.41, 5.74) is 1.15. The first-order valence-electron chi connectivity index (χ1n) is 9.15. The van der Waals surface area contributed by atoms with Crippen LogP contribution in [-0.4, -0.2) is 38.4 Å². The van der Waals surface area contributed by atoms with Gasteiger partial charge in [0, 0.05) is 5.56 Å². The molecule has 0 amide bonds. The van der Waals surface area contributed by atoms with Crippen LogP contribution in [0.3, 0.4) is 0 Å². The third kappa shape index (κ3) is 3.43. The van der Waals surface area contributed by atoms with Crippen molar-refractivity contribution in [2.75, 3.05) is 13.1 Å². The van der Waals surface area contributed by atoms with Crippen molar-refractivity contribution in [1.82, 2.24) is 20.2 Å². The van der Waals surface area contributed by atoms with Crippen molar-refractivity contribution < 1.29 is 10.0 Å². The number of quaternary nitrogens is 1. The first-order valence-corrected chi connectivity index (χ1v) is 9.15. The van der Waals surface area contributed by atoms with Crippen LogP contribution < -0.4 is 4.90 Å². The Hall–Kier alpha value is -1.95. The second kappa shape index (κ2) is 7.75. The fourth-order valence-corrected chi connectivity index (χ4v) is 3.87. The molecular weight excluding hydrogens is 302 g/mol. The number of aromatic hydroxyl groups is 1. The molecule has 24 heavy (non-hydrogen) atoms. The van der Waals surface area contributed by atoms with Crippen molar-refractivity contribution in [3.8, 4) is 5.75 Å². The Kier molecular flexibility index (Phi) is 5.45. The van der Waals surface area contributed by atoms with Gasteiger partial charge in [0.1, 0.15) is 5.75 Å². The number of phenolic OH excluding ortho intramolecular Hbond substituents is 1. The minimum Gasteiger partial charge on any atom is -0.508 e. The van der Waals surface area contributed by atoms with Gasteiger partial charge in [0.05, 0.1) is 19.1 Å². The van der Waals surface area contributed by atoms with Gasteiger partial charge in [0.25, 0.3) is 0 Å². The van der Waals surface area contributed by atoms with Crippen LogP contribution in [0.1, 0.15) is 69.4 Å². The van der Waals surface area contributed by atoms with Gasteiger partial charge in [-0.15, -0.1) is 5.10 Å². The van der Waals surface area contributed by atoms with Gasteiger partial charge >= 0.3 is 0 Å². The molecule has 6 heteroatoms. The van der Waals surface area contributed by atoms with Crippen molar-refractivity contribution >= 4 is 0 Å². The van der Waals surface area contributed by atoms with E-state index >= 15 is 0 Å². The van der Waals surface area contributed by atoms with E-state index in [0.717, 1.165) is 37.3 Å². The van der Waals surface area contributed by atoms with Gasteiger partial charge in [-0.1, -0.05) is 19.3 Å². The SMILES string of the molecule is CC[NH+](CC)[C@@H](c1ccc(O)cc1)c1nnnn1C1CCCCC1. The number of aromatic nitrogens is 4. The van der Waals surface area contributed by atoms with E-state index in [9.17, 15) is 5.11 Å². The van der Waals surface area contributed by atoms with Crippen molar-refractivity contribution in [2.45, 2.75) is 58.0 Å². The standard InChI is InChI=1S/C18H27N5O/c1-3-22(4-2)17(14-10-12-16(24)13-11-14)18-19-20-21-23(18)15-8-6-5-7-9-15/h10-13,15,17,24H,3-9H2,1-2H3/p+1/t17-/m0/s1. The summed E-state index contributed by atoms with van der Waals surface area (Å²) >= 11 is 0. The van der Waals surface area contributed by atoms with E-state index in [2.05, 4.69) is 34.1 Å². The summed E-state index contributed by atoms with van der Waals surface area (Å²) in [6.45, 7) is 6.39. The molecule has 1 aliphatic carbocycles. The van der Waals surface area contributed by atoms with Crippen LogP contribution >= 0.6 is 0 Å². The van der Waals surface area contributed by atoms with Crippen molar-refractivity contribution in [3.63, 3.8) is 0 Å². The highest BCUT2D eigenvalue weighted by Crippen LogP contribution is 2.30. The average molecular weight is 330 g/mol. The predicted octanol–water partition coefficient (Wildman–Crippen LogP) is 1.90. The molecule has 1 aliphatic rings. The summed E-state index contributed by atoms with van der Waals surface area (Å²) in [4.78, 5) is 1.42. The van der Waals surface area contributed by atoms with E-state index in [1.165, 1.54) is 24.2 Å². The maximum Gasteiger partial charge on any atom is 0.214 e. The zero-order valence-corrected chi connectivity index (χ0v) is 14.6. The largest absolute Gasteiger partial charge is 0.508 e. The maximum atomic E-state index is 9.63. The third-order valence-electron chi connectivity index (χ3n) is 5.24. The van der Waals surface area contributed by atoms with Gasteiger partial charge in [-0.05, 0) is 61.4 Å². The predicted molar refractivity (Wildman–Crippen MR) is 91.9 cm³/mol. The number of tetrazole rings is 1. The van der Waals surface area contributed by atoms with Gasteiger partial charge in [0.15, 0.2) is 6.04 Å². The van der Waals surface area contributed by atoms with Crippen LogP contribution in [0.25, 0.3) is 0 Å². The number of nitrogens with one attached hydrogen (secondary N) is 1. The molecule has 0 saturated heterocycles. The Morgan fingerprint density at radius 2 is 1.79 bits per heavy atom. The summed E-state index contributed by atoms with van der Waals surface area (Å²) in [6, 6.07) is 7.99. The zero-order valence-electron chi connectivity index (χ0n) is 14.6. The summed E-state index contributed by atoms with van der Waals surface area (Å²) in [7, 11) is 0. The van der Waals surface area contributed by atoms with E-state index in [1.54, 1.807) is 12.1 Å². The normalized spacial score (nSPS) is 17.3. The van der Waals surface area contributed by atoms with E-state index < -0.39 is 0 Å². The van der Waals surface area contributed by atoms with Gasteiger partial charge in [-0.25, -0.2) is 4.68 Å². The maximum absolute atomic E-state index is 9.63. The summed E-state index contributed by atoms with van der Waals surface area (Å²) in [6.07, 6.45) is 6.15. The average Bonchev–Trinajstić information content (AvgIpc) is 3.10. The minimum absolute atomic E-state index is 0.0949. The van der Waals surface area contributed by atoms with Crippen LogP contribution in [0.4, 0.5) is 0 Å². The molecule has 1 aromatic carbocycles. The van der Waals surface area contributed by atoms with E-state index in [1.807, 2.05) is 12.1 Å². The number of nitrogens with zero attached hydrogens (tertiary/aromatic N) is 4. The molecule has 130 valence electrons. The lowest BCUT2D eigenvalue weighted by atomic mass is 9.95. The molecule has 0 radical (unpaired) electrons. The fraction of sp³-hybridized carbons (Fsp3) is 0.611. The van der Waals surface area contributed by atoms with Crippen LogP contribution in [0.5, 0.6) is 5.75 Å². The molecule has 1 aromatic heterocycles. The second-order valence-corrected chi connectivity index (χ2v) is 6.66. The van der Waals surface area contributed by atoms with E-state index in [-0.39, 0.29) is 6.04 Å². The summed E-state index contributed by atoms with van der Waals surface area (Å²) < 4.78 is 2.07. The Morgan fingerprint density at radius 3 is 2.42 bits per heavy atom. The molecule has 2 aromatic rings.